The second-order valence-electron chi connectivity index (χ2n) is 6.76. The zero-order valence-corrected chi connectivity index (χ0v) is 17.2. The van der Waals surface area contributed by atoms with Crippen molar-refractivity contribution in [3.05, 3.63) is 40.4 Å². The highest BCUT2D eigenvalue weighted by Gasteiger charge is 2.24. The van der Waals surface area contributed by atoms with E-state index in [-0.39, 0.29) is 0 Å². The predicted molar refractivity (Wildman–Crippen MR) is 108 cm³/mol. The van der Waals surface area contributed by atoms with E-state index in [1.54, 1.807) is 7.11 Å². The van der Waals surface area contributed by atoms with Gasteiger partial charge in [0.15, 0.2) is 11.5 Å². The first-order valence-corrected chi connectivity index (χ1v) is 10.0. The van der Waals surface area contributed by atoms with Gasteiger partial charge in [0.25, 0.3) is 0 Å². The Bertz CT molecular complexity index is 809. The lowest BCUT2D eigenvalue weighted by Gasteiger charge is -2.39. The van der Waals surface area contributed by atoms with Gasteiger partial charge in [0.2, 0.25) is 5.88 Å². The van der Waals surface area contributed by atoms with E-state index < -0.39 is 0 Å². The molecule has 1 aromatic carbocycles. The number of benzene rings is 1. The van der Waals surface area contributed by atoms with Crippen LogP contribution in [-0.4, -0.2) is 56.4 Å². The van der Waals surface area contributed by atoms with Crippen molar-refractivity contribution in [2.45, 2.75) is 13.0 Å². The number of halogens is 1. The zero-order chi connectivity index (χ0) is 18.8. The second kappa shape index (κ2) is 7.94. The van der Waals surface area contributed by atoms with E-state index in [2.05, 4.69) is 49.8 Å². The monoisotopic (exact) mass is 433 g/mol. The average Bonchev–Trinajstić information content (AvgIpc) is 2.73. The summed E-state index contributed by atoms with van der Waals surface area (Å²) in [6.07, 6.45) is 0. The van der Waals surface area contributed by atoms with Crippen LogP contribution >= 0.6 is 15.9 Å². The van der Waals surface area contributed by atoms with Gasteiger partial charge in [-0.2, -0.15) is 4.98 Å². The molecule has 1 saturated heterocycles. The van der Waals surface area contributed by atoms with Crippen molar-refractivity contribution in [2.24, 2.45) is 0 Å². The normalized spacial score (nSPS) is 18.3. The van der Waals surface area contributed by atoms with Crippen LogP contribution in [0.25, 0.3) is 0 Å². The summed E-state index contributed by atoms with van der Waals surface area (Å²) in [5.74, 6) is 3.29. The molecule has 6 nitrogen and oxygen atoms in total. The van der Waals surface area contributed by atoms with Crippen molar-refractivity contribution in [3.63, 3.8) is 0 Å². The van der Waals surface area contributed by atoms with Gasteiger partial charge in [-0.25, -0.2) is 0 Å². The Morgan fingerprint density at radius 3 is 2.52 bits per heavy atom. The van der Waals surface area contributed by atoms with Crippen LogP contribution in [0.5, 0.6) is 17.4 Å². The Kier molecular flexibility index (Phi) is 5.41. The molecule has 1 unspecified atom stereocenters. The summed E-state index contributed by atoms with van der Waals surface area (Å²) in [7, 11) is 1.64. The fraction of sp³-hybridized carbons (Fsp3) is 0.450. The summed E-state index contributed by atoms with van der Waals surface area (Å²) in [6.45, 7) is 7.33. The van der Waals surface area contributed by atoms with Crippen molar-refractivity contribution in [1.82, 2.24) is 9.88 Å². The molecule has 0 aliphatic carbocycles. The Hall–Kier alpha value is -1.99. The van der Waals surface area contributed by atoms with Crippen LogP contribution in [0.1, 0.15) is 18.5 Å². The SMILES string of the molecule is COc1nc(N2CCN(C(C)c3ccc4c(c3)OCCO4)CC2)ccc1Br. The smallest absolute Gasteiger partial charge is 0.229 e. The molecule has 27 heavy (non-hydrogen) atoms. The number of rotatable bonds is 4. The van der Waals surface area contributed by atoms with Crippen molar-refractivity contribution in [3.8, 4) is 17.4 Å². The van der Waals surface area contributed by atoms with Crippen molar-refractivity contribution in [2.75, 3.05) is 51.4 Å². The molecule has 2 aliphatic heterocycles. The van der Waals surface area contributed by atoms with E-state index in [1.165, 1.54) is 5.56 Å². The summed E-state index contributed by atoms with van der Waals surface area (Å²) in [5, 5.41) is 0. The molecule has 0 amide bonds. The third-order valence-electron chi connectivity index (χ3n) is 5.23. The maximum atomic E-state index is 5.73. The molecule has 7 heteroatoms. The van der Waals surface area contributed by atoms with Gasteiger partial charge in [-0.15, -0.1) is 0 Å². The number of ether oxygens (including phenoxy) is 3. The first-order valence-electron chi connectivity index (χ1n) is 9.25. The number of hydrogen-bond acceptors (Lipinski definition) is 6. The fourth-order valence-electron chi connectivity index (χ4n) is 3.60. The number of fused-ring (bicyclic) bond motifs is 1. The lowest BCUT2D eigenvalue weighted by molar-refractivity contribution is 0.169. The maximum absolute atomic E-state index is 5.73. The molecule has 144 valence electrons. The number of methoxy groups -OCH3 is 1. The molecule has 1 aromatic heterocycles. The number of aromatic nitrogens is 1. The molecule has 0 bridgehead atoms. The zero-order valence-electron chi connectivity index (χ0n) is 15.7. The first kappa shape index (κ1) is 18.4. The summed E-state index contributed by atoms with van der Waals surface area (Å²) in [6, 6.07) is 10.6. The third kappa shape index (κ3) is 3.84. The summed E-state index contributed by atoms with van der Waals surface area (Å²) < 4.78 is 17.6. The van der Waals surface area contributed by atoms with Gasteiger partial charge in [0, 0.05) is 32.2 Å². The lowest BCUT2D eigenvalue weighted by atomic mass is 10.0. The highest BCUT2D eigenvalue weighted by Crippen LogP contribution is 2.34. The van der Waals surface area contributed by atoms with Crippen LogP contribution in [0, 0.1) is 0 Å². The van der Waals surface area contributed by atoms with Crippen LogP contribution in [0.4, 0.5) is 5.82 Å². The van der Waals surface area contributed by atoms with Gasteiger partial charge >= 0.3 is 0 Å². The molecule has 2 aliphatic rings. The second-order valence-corrected chi connectivity index (χ2v) is 7.62. The van der Waals surface area contributed by atoms with Gasteiger partial charge in [-0.1, -0.05) is 6.07 Å². The number of pyridine rings is 1. The fourth-order valence-corrected chi connectivity index (χ4v) is 3.98. The van der Waals surface area contributed by atoms with Crippen LogP contribution in [0.3, 0.4) is 0 Å². The Morgan fingerprint density at radius 2 is 1.78 bits per heavy atom. The Balaban J connectivity index is 1.41. The summed E-state index contributed by atoms with van der Waals surface area (Å²) >= 11 is 3.46. The number of nitrogens with zero attached hydrogens (tertiary/aromatic N) is 3. The number of piperazine rings is 1. The largest absolute Gasteiger partial charge is 0.486 e. The molecule has 4 rings (SSSR count). The third-order valence-corrected chi connectivity index (χ3v) is 5.83. The van der Waals surface area contributed by atoms with E-state index in [1.807, 2.05) is 18.2 Å². The van der Waals surface area contributed by atoms with Gasteiger partial charge in [0.1, 0.15) is 19.0 Å². The van der Waals surface area contributed by atoms with Gasteiger partial charge < -0.3 is 19.1 Å². The summed E-state index contributed by atoms with van der Waals surface area (Å²) in [5.41, 5.74) is 1.26. The molecule has 3 heterocycles. The van der Waals surface area contributed by atoms with Gasteiger partial charge in [-0.3, -0.25) is 4.90 Å². The highest BCUT2D eigenvalue weighted by molar-refractivity contribution is 9.10. The standard InChI is InChI=1S/C20H24BrN3O3/c1-14(15-3-5-17-18(13-15)27-12-11-26-17)23-7-9-24(10-8-23)19-6-4-16(21)20(22-19)25-2/h3-6,13-14H,7-12H2,1-2H3. The van der Waals surface area contributed by atoms with E-state index in [0.717, 1.165) is 48.0 Å². The average molecular weight is 434 g/mol. The minimum Gasteiger partial charge on any atom is -0.486 e. The van der Waals surface area contributed by atoms with Crippen molar-refractivity contribution in [1.29, 1.82) is 0 Å². The molecule has 0 N–H and O–H groups in total. The summed E-state index contributed by atoms with van der Waals surface area (Å²) in [4.78, 5) is 9.40. The molecule has 0 radical (unpaired) electrons. The molecule has 0 saturated carbocycles. The minimum atomic E-state index is 0.329. The highest BCUT2D eigenvalue weighted by atomic mass is 79.9. The van der Waals surface area contributed by atoms with E-state index in [4.69, 9.17) is 14.2 Å². The molecule has 1 fully saturated rings. The van der Waals surface area contributed by atoms with E-state index in [0.29, 0.717) is 25.1 Å². The van der Waals surface area contributed by atoms with Crippen LogP contribution in [-0.2, 0) is 0 Å². The predicted octanol–water partition coefficient (Wildman–Crippen LogP) is 3.51. The first-order chi connectivity index (χ1) is 13.2. The Morgan fingerprint density at radius 1 is 1.04 bits per heavy atom. The van der Waals surface area contributed by atoms with Crippen LogP contribution in [0.2, 0.25) is 0 Å². The van der Waals surface area contributed by atoms with Crippen LogP contribution in [0.15, 0.2) is 34.8 Å². The molecular formula is C20H24BrN3O3. The lowest BCUT2D eigenvalue weighted by Crippen LogP contribution is -2.47. The van der Waals surface area contributed by atoms with Gasteiger partial charge in [-0.05, 0) is 52.7 Å². The number of anilines is 1. The molecular weight excluding hydrogens is 410 g/mol. The maximum Gasteiger partial charge on any atom is 0.229 e. The Labute approximate surface area is 168 Å². The molecule has 0 spiro atoms. The van der Waals surface area contributed by atoms with Gasteiger partial charge in [0.05, 0.1) is 11.6 Å². The van der Waals surface area contributed by atoms with Crippen molar-refractivity contribution < 1.29 is 14.2 Å². The molecule has 1 atom stereocenters. The van der Waals surface area contributed by atoms with Crippen LogP contribution < -0.4 is 19.1 Å². The minimum absolute atomic E-state index is 0.329. The number of hydrogen-bond donors (Lipinski definition) is 0. The topological polar surface area (TPSA) is 47.1 Å². The van der Waals surface area contributed by atoms with E-state index >= 15 is 0 Å². The quantitative estimate of drug-likeness (QED) is 0.734. The van der Waals surface area contributed by atoms with E-state index in [9.17, 15) is 0 Å². The molecule has 2 aromatic rings. The van der Waals surface area contributed by atoms with Crippen molar-refractivity contribution >= 4 is 21.7 Å².